The van der Waals surface area contributed by atoms with E-state index in [-0.39, 0.29) is 12.1 Å². The second kappa shape index (κ2) is 6.29. The number of amidine groups is 1. The van der Waals surface area contributed by atoms with Gasteiger partial charge in [0.1, 0.15) is 6.04 Å². The highest BCUT2D eigenvalue weighted by molar-refractivity contribution is 9.10. The average Bonchev–Trinajstić information content (AvgIpc) is 3.15. The maximum absolute atomic E-state index is 5.03. The van der Waals surface area contributed by atoms with Gasteiger partial charge in [-0.2, -0.15) is 0 Å². The molecule has 3 nitrogen and oxygen atoms in total. The predicted octanol–water partition coefficient (Wildman–Crippen LogP) is 4.82. The van der Waals surface area contributed by atoms with Gasteiger partial charge in [0.15, 0.2) is 5.17 Å². The summed E-state index contributed by atoms with van der Waals surface area (Å²) in [6.45, 7) is 2.26. The minimum atomic E-state index is 0.0780. The molecule has 5 heteroatoms. The van der Waals surface area contributed by atoms with Crippen molar-refractivity contribution in [1.29, 1.82) is 0 Å². The van der Waals surface area contributed by atoms with Crippen LogP contribution in [0.4, 0.5) is 0 Å². The molecule has 0 saturated carbocycles. The van der Waals surface area contributed by atoms with Gasteiger partial charge in [-0.05, 0) is 36.2 Å². The zero-order valence-corrected chi connectivity index (χ0v) is 15.3. The summed E-state index contributed by atoms with van der Waals surface area (Å²) in [7, 11) is 0. The maximum Gasteiger partial charge on any atom is 0.160 e. The van der Waals surface area contributed by atoms with Crippen molar-refractivity contribution in [2.45, 2.75) is 31.5 Å². The number of pyridine rings is 1. The van der Waals surface area contributed by atoms with Crippen LogP contribution < -0.4 is 0 Å². The van der Waals surface area contributed by atoms with Gasteiger partial charge in [0.25, 0.3) is 0 Å². The zero-order valence-electron chi connectivity index (χ0n) is 12.9. The lowest BCUT2D eigenvalue weighted by Gasteiger charge is -2.31. The lowest BCUT2D eigenvalue weighted by molar-refractivity contribution is 0.255. The number of aliphatic imine (C=N–C) groups is 1. The Hall–Kier alpha value is -1.33. The summed E-state index contributed by atoms with van der Waals surface area (Å²) < 4.78 is 1.11. The zero-order chi connectivity index (χ0) is 15.8. The number of halogens is 1. The van der Waals surface area contributed by atoms with Crippen LogP contribution in [0.3, 0.4) is 0 Å². The molecule has 1 aromatic carbocycles. The Bertz CT molecular complexity index is 717. The number of aromatic nitrogens is 1. The van der Waals surface area contributed by atoms with Crippen LogP contribution in [0.25, 0.3) is 0 Å². The molecule has 3 heterocycles. The molecule has 2 aromatic rings. The summed E-state index contributed by atoms with van der Waals surface area (Å²) in [5.74, 6) is 1.14. The second-order valence-electron chi connectivity index (χ2n) is 5.89. The number of fused-ring (bicyclic) bond motifs is 1. The summed E-state index contributed by atoms with van der Waals surface area (Å²) in [5.41, 5.74) is 2.36. The summed E-state index contributed by atoms with van der Waals surface area (Å²) >= 11 is 5.42. The number of thioether (sulfide) groups is 1. The van der Waals surface area contributed by atoms with Crippen molar-refractivity contribution >= 4 is 32.9 Å². The van der Waals surface area contributed by atoms with Gasteiger partial charge in [-0.1, -0.05) is 52.8 Å². The van der Waals surface area contributed by atoms with Crippen LogP contribution in [-0.4, -0.2) is 26.8 Å². The van der Waals surface area contributed by atoms with E-state index in [1.807, 2.05) is 24.0 Å². The lowest BCUT2D eigenvalue weighted by atomic mass is 9.95. The average molecular weight is 388 g/mol. The minimum absolute atomic E-state index is 0.0780. The number of hydrogen-bond acceptors (Lipinski definition) is 4. The smallest absolute Gasteiger partial charge is 0.160 e. The molecule has 0 aliphatic carbocycles. The first-order chi connectivity index (χ1) is 11.3. The summed E-state index contributed by atoms with van der Waals surface area (Å²) in [6.07, 6.45) is 3.01. The Balaban J connectivity index is 1.78. The van der Waals surface area contributed by atoms with E-state index in [0.29, 0.717) is 6.04 Å². The third kappa shape index (κ3) is 2.70. The van der Waals surface area contributed by atoms with Crippen molar-refractivity contribution in [3.8, 4) is 0 Å². The molecular weight excluding hydrogens is 370 g/mol. The molecule has 0 bridgehead atoms. The van der Waals surface area contributed by atoms with Crippen LogP contribution >= 0.6 is 27.7 Å². The van der Waals surface area contributed by atoms with Crippen molar-refractivity contribution in [2.75, 3.05) is 5.75 Å². The fraction of sp³-hybridized carbons (Fsp3) is 0.333. The largest absolute Gasteiger partial charge is 0.338 e. The van der Waals surface area contributed by atoms with Crippen molar-refractivity contribution < 1.29 is 0 Å². The molecular formula is C18H18BrN3S. The van der Waals surface area contributed by atoms with Crippen LogP contribution in [0, 0.1) is 0 Å². The van der Waals surface area contributed by atoms with Gasteiger partial charge < -0.3 is 4.90 Å². The van der Waals surface area contributed by atoms with Crippen molar-refractivity contribution in [3.05, 3.63) is 64.4 Å². The van der Waals surface area contributed by atoms with E-state index in [1.54, 1.807) is 0 Å². The van der Waals surface area contributed by atoms with Crippen LogP contribution in [0.15, 0.2) is 58.1 Å². The van der Waals surface area contributed by atoms with Gasteiger partial charge in [0, 0.05) is 22.5 Å². The van der Waals surface area contributed by atoms with E-state index in [0.717, 1.165) is 22.3 Å². The SMILES string of the molecule is CC[C@@H]1CSC2=N[C@@H](c3ccccn3)[C@H](c3ccc(Br)cc3)N21. The highest BCUT2D eigenvalue weighted by Gasteiger charge is 2.45. The maximum atomic E-state index is 5.03. The van der Waals surface area contributed by atoms with E-state index >= 15 is 0 Å². The van der Waals surface area contributed by atoms with Gasteiger partial charge in [-0.15, -0.1) is 0 Å². The Kier molecular flexibility index (Phi) is 4.16. The van der Waals surface area contributed by atoms with Crippen LogP contribution in [0.1, 0.15) is 36.7 Å². The molecule has 2 aliphatic heterocycles. The van der Waals surface area contributed by atoms with E-state index < -0.39 is 0 Å². The molecule has 0 amide bonds. The van der Waals surface area contributed by atoms with Gasteiger partial charge in [-0.3, -0.25) is 9.98 Å². The molecule has 2 aliphatic rings. The topological polar surface area (TPSA) is 28.5 Å². The third-order valence-corrected chi connectivity index (χ3v) is 6.20. The Morgan fingerprint density at radius 1 is 1.22 bits per heavy atom. The predicted molar refractivity (Wildman–Crippen MR) is 99.7 cm³/mol. The molecule has 0 radical (unpaired) electrons. The molecule has 1 fully saturated rings. The molecule has 1 saturated heterocycles. The van der Waals surface area contributed by atoms with Crippen LogP contribution in [0.2, 0.25) is 0 Å². The Labute approximate surface area is 149 Å². The summed E-state index contributed by atoms with van der Waals surface area (Å²) in [6, 6.07) is 15.6. The molecule has 1 aromatic heterocycles. The summed E-state index contributed by atoms with van der Waals surface area (Å²) in [4.78, 5) is 12.1. The van der Waals surface area contributed by atoms with E-state index in [1.165, 1.54) is 10.7 Å². The molecule has 118 valence electrons. The lowest BCUT2D eigenvalue weighted by Crippen LogP contribution is -2.35. The Morgan fingerprint density at radius 2 is 2.04 bits per heavy atom. The number of hydrogen-bond donors (Lipinski definition) is 0. The molecule has 0 spiro atoms. The second-order valence-corrected chi connectivity index (χ2v) is 7.79. The first kappa shape index (κ1) is 15.2. The molecule has 3 atom stereocenters. The molecule has 23 heavy (non-hydrogen) atoms. The van der Waals surface area contributed by atoms with Gasteiger partial charge in [-0.25, -0.2) is 0 Å². The van der Waals surface area contributed by atoms with Gasteiger partial charge >= 0.3 is 0 Å². The standard InChI is InChI=1S/C18H18BrN3S/c1-2-14-11-23-18-21-16(15-5-3-4-10-20-15)17(22(14)18)12-6-8-13(19)9-7-12/h3-10,14,16-17H,2,11H2,1H3/t14-,16+,17+/m1/s1. The minimum Gasteiger partial charge on any atom is -0.338 e. The highest BCUT2D eigenvalue weighted by atomic mass is 79.9. The van der Waals surface area contributed by atoms with Gasteiger partial charge in [0.2, 0.25) is 0 Å². The first-order valence-electron chi connectivity index (χ1n) is 7.93. The number of rotatable bonds is 3. The van der Waals surface area contributed by atoms with Crippen molar-refractivity contribution in [1.82, 2.24) is 9.88 Å². The van der Waals surface area contributed by atoms with E-state index in [2.05, 4.69) is 69.1 Å². The monoisotopic (exact) mass is 387 g/mol. The molecule has 0 unspecified atom stereocenters. The third-order valence-electron chi connectivity index (χ3n) is 4.54. The molecule has 4 rings (SSSR count). The fourth-order valence-electron chi connectivity index (χ4n) is 3.37. The Morgan fingerprint density at radius 3 is 2.74 bits per heavy atom. The quantitative estimate of drug-likeness (QED) is 0.755. The van der Waals surface area contributed by atoms with Gasteiger partial charge in [0.05, 0.1) is 11.7 Å². The molecule has 0 N–H and O–H groups in total. The van der Waals surface area contributed by atoms with E-state index in [9.17, 15) is 0 Å². The first-order valence-corrected chi connectivity index (χ1v) is 9.71. The van der Waals surface area contributed by atoms with Crippen molar-refractivity contribution in [2.24, 2.45) is 4.99 Å². The summed E-state index contributed by atoms with van der Waals surface area (Å²) in [5, 5.41) is 1.18. The van der Waals surface area contributed by atoms with E-state index in [4.69, 9.17) is 4.99 Å². The fourth-order valence-corrected chi connectivity index (χ4v) is 4.97. The van der Waals surface area contributed by atoms with Crippen LogP contribution in [0.5, 0.6) is 0 Å². The normalized spacial score (nSPS) is 26.3. The van der Waals surface area contributed by atoms with Crippen LogP contribution in [-0.2, 0) is 0 Å². The highest BCUT2D eigenvalue weighted by Crippen LogP contribution is 2.48. The number of nitrogens with zero attached hydrogens (tertiary/aromatic N) is 3. The number of benzene rings is 1. The van der Waals surface area contributed by atoms with Crippen molar-refractivity contribution in [3.63, 3.8) is 0 Å².